The highest BCUT2D eigenvalue weighted by Crippen LogP contribution is 2.51. The van der Waals surface area contributed by atoms with Gasteiger partial charge in [0.05, 0.1) is 6.61 Å². The zero-order valence-electron chi connectivity index (χ0n) is 40.6. The Balaban J connectivity index is 2.74. The van der Waals surface area contributed by atoms with Crippen molar-refractivity contribution in [2.24, 2.45) is 0 Å². The second-order valence-corrected chi connectivity index (χ2v) is 20.8. The first kappa shape index (κ1) is 64.9. The van der Waals surface area contributed by atoms with Crippen molar-refractivity contribution < 1.29 is 90.6 Å². The van der Waals surface area contributed by atoms with Crippen molar-refractivity contribution in [1.82, 2.24) is 0 Å². The molecule has 19 nitrogen and oxygen atoms in total. The lowest BCUT2D eigenvalue weighted by atomic mass is 9.85. The molecule has 0 bridgehead atoms. The zero-order chi connectivity index (χ0) is 51.4. The Morgan fingerprint density at radius 1 is 0.478 bits per heavy atom. The summed E-state index contributed by atoms with van der Waals surface area (Å²) in [5.74, 6) is -1.34. The van der Waals surface area contributed by atoms with E-state index >= 15 is 0 Å². The van der Waals surface area contributed by atoms with Crippen molar-refractivity contribution >= 4 is 35.4 Å². The lowest BCUT2D eigenvalue weighted by Gasteiger charge is -2.44. The van der Waals surface area contributed by atoms with Gasteiger partial charge in [-0.15, -0.1) is 0 Å². The predicted octanol–water partition coefficient (Wildman–Crippen LogP) is 9.18. The van der Waals surface area contributed by atoms with Gasteiger partial charge in [-0.05, 0) is 77.0 Å². The first-order valence-corrected chi connectivity index (χ1v) is 29.1. The van der Waals surface area contributed by atoms with E-state index in [1.807, 2.05) is 0 Å². The number of hydrogen-bond acceptors (Lipinski definition) is 14. The summed E-state index contributed by atoms with van der Waals surface area (Å²) >= 11 is 0. The SMILES string of the molecule is CC/C=C\C/C=C\C/C=C\C/C=C\CCCCCCC(=O)OC[C@H](COP(=O)(O)O[C@H]1C(O)C(O)C(OP(=O)(O)O)[C@@H](OP(=O)(O)O)C1O)OC(=O)CCCCCCC/C=C\CCCCCCCC. The number of unbranched alkanes of at least 4 members (excludes halogenated alkanes) is 15. The largest absolute Gasteiger partial charge is 0.472 e. The Labute approximate surface area is 409 Å². The average Bonchev–Trinajstić information content (AvgIpc) is 3.28. The van der Waals surface area contributed by atoms with Crippen LogP contribution in [0.1, 0.15) is 168 Å². The summed E-state index contributed by atoms with van der Waals surface area (Å²) < 4.78 is 65.5. The number of carbonyl (C=O) groups excluding carboxylic acids is 2. The van der Waals surface area contributed by atoms with Gasteiger partial charge in [0.25, 0.3) is 0 Å². The molecule has 0 saturated heterocycles. The van der Waals surface area contributed by atoms with E-state index in [-0.39, 0.29) is 12.8 Å². The van der Waals surface area contributed by atoms with Crippen LogP contribution in [0.25, 0.3) is 0 Å². The number of aliphatic hydroxyl groups is 3. The topological polar surface area (TPSA) is 303 Å². The molecule has 400 valence electrons. The number of phosphoric ester groups is 3. The maximum absolute atomic E-state index is 13.1. The van der Waals surface area contributed by atoms with E-state index in [0.717, 1.165) is 89.9 Å². The van der Waals surface area contributed by atoms with Crippen LogP contribution in [0.3, 0.4) is 0 Å². The second kappa shape index (κ2) is 38.5. The van der Waals surface area contributed by atoms with Gasteiger partial charge in [0.1, 0.15) is 43.2 Å². The summed E-state index contributed by atoms with van der Waals surface area (Å²) in [6.07, 6.45) is 26.6. The summed E-state index contributed by atoms with van der Waals surface area (Å²) in [4.78, 5) is 73.3. The van der Waals surface area contributed by atoms with Crippen molar-refractivity contribution in [2.75, 3.05) is 13.2 Å². The van der Waals surface area contributed by atoms with Crippen molar-refractivity contribution in [3.05, 3.63) is 60.8 Å². The minimum Gasteiger partial charge on any atom is -0.462 e. The normalized spacial score (nSPS) is 21.8. The molecule has 5 unspecified atom stereocenters. The Morgan fingerprint density at radius 3 is 1.38 bits per heavy atom. The van der Waals surface area contributed by atoms with Gasteiger partial charge in [-0.3, -0.25) is 27.7 Å². The first-order chi connectivity index (χ1) is 32.8. The van der Waals surface area contributed by atoms with Crippen molar-refractivity contribution in [3.63, 3.8) is 0 Å². The molecule has 1 saturated carbocycles. The standard InChI is InChI=1S/C47H83O19P3/c1-3-5-7-9-11-13-15-17-19-20-22-23-25-27-29-31-33-35-40(48)61-37-39(63-41(49)36-34-32-30-28-26-24-21-18-16-14-12-10-8-6-4-2)38-62-69(59,60)66-45-42(50)43(51)46(64-67(53,54)55)47(44(45)52)65-68(56,57)58/h5,7,11,13,17-19,21-23,39,42-47,50-52H,3-4,6,8-10,12,14-16,20,24-38H2,1-2H3,(H,59,60)(H2,53,54,55)(H2,56,57,58)/b7-5-,13-11-,19-17-,21-18-,23-22-/t39-,42?,43?,44?,45+,46?,47+/m1/s1. The third kappa shape index (κ3) is 34.8. The number of esters is 2. The molecule has 1 rings (SSSR count). The molecule has 69 heavy (non-hydrogen) atoms. The third-order valence-electron chi connectivity index (χ3n) is 10.8. The van der Waals surface area contributed by atoms with Gasteiger partial charge >= 0.3 is 35.4 Å². The third-order valence-corrected chi connectivity index (χ3v) is 12.8. The quantitative estimate of drug-likeness (QED) is 0.0122. The van der Waals surface area contributed by atoms with Crippen LogP contribution in [0.5, 0.6) is 0 Å². The molecule has 1 aliphatic rings. The molecule has 0 aliphatic heterocycles. The monoisotopic (exact) mass is 1040 g/mol. The fourth-order valence-electron chi connectivity index (χ4n) is 7.16. The maximum Gasteiger partial charge on any atom is 0.472 e. The average molecular weight is 1050 g/mol. The minimum absolute atomic E-state index is 0.0199. The Hall–Kier alpha value is -2.15. The van der Waals surface area contributed by atoms with Gasteiger partial charge in [-0.1, -0.05) is 139 Å². The lowest BCUT2D eigenvalue weighted by Crippen LogP contribution is -2.65. The van der Waals surface area contributed by atoms with Crippen molar-refractivity contribution in [2.45, 2.75) is 211 Å². The fourth-order valence-corrected chi connectivity index (χ4v) is 9.25. The van der Waals surface area contributed by atoms with E-state index in [9.17, 15) is 63.1 Å². The highest BCUT2D eigenvalue weighted by molar-refractivity contribution is 7.47. The van der Waals surface area contributed by atoms with Crippen LogP contribution in [0.15, 0.2) is 60.8 Å². The number of aliphatic hydroxyl groups excluding tert-OH is 3. The van der Waals surface area contributed by atoms with Gasteiger partial charge in [0.2, 0.25) is 0 Å². The number of hydrogen-bond donors (Lipinski definition) is 8. The Bertz CT molecular complexity index is 1670. The molecule has 1 aliphatic carbocycles. The summed E-state index contributed by atoms with van der Waals surface area (Å²) in [6, 6.07) is 0. The number of allylic oxidation sites excluding steroid dienone is 10. The van der Waals surface area contributed by atoms with E-state index in [2.05, 4.69) is 83.7 Å². The smallest absolute Gasteiger partial charge is 0.462 e. The van der Waals surface area contributed by atoms with Crippen LogP contribution < -0.4 is 0 Å². The van der Waals surface area contributed by atoms with Gasteiger partial charge < -0.3 is 49.3 Å². The van der Waals surface area contributed by atoms with Crippen LogP contribution in [0.4, 0.5) is 0 Å². The molecular weight excluding hydrogens is 961 g/mol. The maximum atomic E-state index is 13.1. The second-order valence-electron chi connectivity index (χ2n) is 17.0. The van der Waals surface area contributed by atoms with Gasteiger partial charge in [0, 0.05) is 12.8 Å². The van der Waals surface area contributed by atoms with Crippen molar-refractivity contribution in [1.29, 1.82) is 0 Å². The summed E-state index contributed by atoms with van der Waals surface area (Å²) in [5.41, 5.74) is 0. The minimum atomic E-state index is -5.61. The molecule has 0 aromatic heterocycles. The van der Waals surface area contributed by atoms with Crippen LogP contribution in [-0.4, -0.2) is 108 Å². The molecule has 0 aromatic carbocycles. The van der Waals surface area contributed by atoms with Gasteiger partial charge in [-0.2, -0.15) is 0 Å². The molecule has 0 radical (unpaired) electrons. The molecule has 8 atom stereocenters. The number of rotatable bonds is 41. The number of carbonyl (C=O) groups is 2. The molecule has 1 fully saturated rings. The highest BCUT2D eigenvalue weighted by atomic mass is 31.2. The summed E-state index contributed by atoms with van der Waals surface area (Å²) in [5, 5.41) is 31.9. The fraction of sp³-hybridized carbons (Fsp3) is 0.745. The van der Waals surface area contributed by atoms with E-state index in [0.29, 0.717) is 12.8 Å². The first-order valence-electron chi connectivity index (χ1n) is 24.6. The molecular formula is C47H83O19P3. The molecule has 22 heteroatoms. The highest BCUT2D eigenvalue weighted by Gasteiger charge is 2.56. The predicted molar refractivity (Wildman–Crippen MR) is 261 cm³/mol. The van der Waals surface area contributed by atoms with Crippen LogP contribution >= 0.6 is 23.5 Å². The van der Waals surface area contributed by atoms with Crippen LogP contribution in [-0.2, 0) is 50.9 Å². The van der Waals surface area contributed by atoms with Crippen LogP contribution in [0, 0.1) is 0 Å². The summed E-state index contributed by atoms with van der Waals surface area (Å²) in [7, 11) is -16.6. The van der Waals surface area contributed by atoms with Gasteiger partial charge in [0.15, 0.2) is 6.10 Å². The number of ether oxygens (including phenoxy) is 2. The van der Waals surface area contributed by atoms with E-state index in [1.165, 1.54) is 38.5 Å². The van der Waals surface area contributed by atoms with Crippen LogP contribution in [0.2, 0.25) is 0 Å². The zero-order valence-corrected chi connectivity index (χ0v) is 43.3. The summed E-state index contributed by atoms with van der Waals surface area (Å²) in [6.45, 7) is 2.80. The number of phosphoric acid groups is 3. The van der Waals surface area contributed by atoms with E-state index < -0.39 is 91.3 Å². The van der Waals surface area contributed by atoms with E-state index in [4.69, 9.17) is 18.5 Å². The lowest BCUT2D eigenvalue weighted by molar-refractivity contribution is -0.213. The Kier molecular flexibility index (Phi) is 36.2. The Morgan fingerprint density at radius 2 is 0.884 bits per heavy atom. The molecule has 0 amide bonds. The van der Waals surface area contributed by atoms with Gasteiger partial charge in [-0.25, -0.2) is 13.7 Å². The van der Waals surface area contributed by atoms with Crippen molar-refractivity contribution in [3.8, 4) is 0 Å². The van der Waals surface area contributed by atoms with E-state index in [1.54, 1.807) is 0 Å². The molecule has 0 aromatic rings. The molecule has 0 spiro atoms. The molecule has 8 N–H and O–H groups in total. The molecule has 0 heterocycles.